The highest BCUT2D eigenvalue weighted by Crippen LogP contribution is 2.20. The van der Waals surface area contributed by atoms with Gasteiger partial charge in [0, 0.05) is 43.1 Å². The third kappa shape index (κ3) is 5.27. The molecule has 1 fully saturated rings. The van der Waals surface area contributed by atoms with E-state index in [4.69, 9.17) is 4.98 Å². The quantitative estimate of drug-likeness (QED) is 0.798. The van der Waals surface area contributed by atoms with Gasteiger partial charge in [-0.1, -0.05) is 27.7 Å². The molecule has 0 amide bonds. The van der Waals surface area contributed by atoms with Crippen molar-refractivity contribution in [1.29, 1.82) is 0 Å². The van der Waals surface area contributed by atoms with Crippen LogP contribution in [0.2, 0.25) is 0 Å². The largest absolute Gasteiger partial charge is 0.340 e. The molecular weight excluding hydrogens is 260 g/mol. The molecule has 0 aromatic carbocycles. The van der Waals surface area contributed by atoms with Gasteiger partial charge in [-0.05, 0) is 31.6 Å². The number of hydrogen-bond acceptors (Lipinski definition) is 4. The lowest BCUT2D eigenvalue weighted by molar-refractivity contribution is 0.543. The van der Waals surface area contributed by atoms with Gasteiger partial charge in [-0.3, -0.25) is 0 Å². The van der Waals surface area contributed by atoms with Gasteiger partial charge >= 0.3 is 0 Å². The Bertz CT molecular complexity index is 442. The molecule has 4 heteroatoms. The minimum absolute atomic E-state index is 0.615. The van der Waals surface area contributed by atoms with Crippen molar-refractivity contribution in [2.24, 2.45) is 11.8 Å². The molecule has 1 aromatic heterocycles. The fraction of sp³-hybridized carbons (Fsp3) is 0.765. The Morgan fingerprint density at radius 1 is 1.19 bits per heavy atom. The van der Waals surface area contributed by atoms with E-state index in [2.05, 4.69) is 49.8 Å². The Balaban J connectivity index is 2.06. The Labute approximate surface area is 129 Å². The van der Waals surface area contributed by atoms with Crippen LogP contribution in [0.4, 0.5) is 5.95 Å². The van der Waals surface area contributed by atoms with E-state index in [1.54, 1.807) is 0 Å². The molecule has 1 saturated carbocycles. The monoisotopic (exact) mass is 290 g/mol. The van der Waals surface area contributed by atoms with Crippen molar-refractivity contribution in [3.05, 3.63) is 17.5 Å². The van der Waals surface area contributed by atoms with E-state index in [-0.39, 0.29) is 0 Å². The molecule has 0 spiro atoms. The zero-order chi connectivity index (χ0) is 15.4. The summed E-state index contributed by atoms with van der Waals surface area (Å²) in [5, 5.41) is 3.53. The second-order valence-corrected chi connectivity index (χ2v) is 7.13. The van der Waals surface area contributed by atoms with E-state index >= 15 is 0 Å². The second kappa shape index (κ2) is 7.21. The zero-order valence-electron chi connectivity index (χ0n) is 14.2. The summed E-state index contributed by atoms with van der Waals surface area (Å²) >= 11 is 0. The van der Waals surface area contributed by atoms with Crippen molar-refractivity contribution >= 4 is 5.95 Å². The highest BCUT2D eigenvalue weighted by Gasteiger charge is 2.21. The number of rotatable bonds is 8. The zero-order valence-corrected chi connectivity index (χ0v) is 14.2. The van der Waals surface area contributed by atoms with E-state index in [1.165, 1.54) is 18.4 Å². The molecule has 21 heavy (non-hydrogen) atoms. The molecule has 1 heterocycles. The van der Waals surface area contributed by atoms with E-state index in [0.29, 0.717) is 11.8 Å². The van der Waals surface area contributed by atoms with Crippen molar-refractivity contribution in [1.82, 2.24) is 15.3 Å². The second-order valence-electron chi connectivity index (χ2n) is 7.13. The van der Waals surface area contributed by atoms with Gasteiger partial charge in [0.1, 0.15) is 0 Å². The summed E-state index contributed by atoms with van der Waals surface area (Å²) in [7, 11) is 0. The van der Waals surface area contributed by atoms with Gasteiger partial charge < -0.3 is 10.2 Å². The molecule has 1 aliphatic rings. The smallest absolute Gasteiger partial charge is 0.225 e. The van der Waals surface area contributed by atoms with Crippen LogP contribution in [0.3, 0.4) is 0 Å². The van der Waals surface area contributed by atoms with Crippen molar-refractivity contribution in [3.63, 3.8) is 0 Å². The molecule has 1 aliphatic carbocycles. The fourth-order valence-electron chi connectivity index (χ4n) is 2.47. The van der Waals surface area contributed by atoms with Crippen molar-refractivity contribution < 1.29 is 0 Å². The van der Waals surface area contributed by atoms with Crippen molar-refractivity contribution in [2.75, 3.05) is 18.0 Å². The maximum absolute atomic E-state index is 4.75. The molecule has 2 rings (SSSR count). The molecule has 1 aromatic rings. The highest BCUT2D eigenvalue weighted by molar-refractivity contribution is 5.33. The molecule has 4 nitrogen and oxygen atoms in total. The first-order valence-electron chi connectivity index (χ1n) is 8.26. The average molecular weight is 290 g/mol. The van der Waals surface area contributed by atoms with E-state index in [1.807, 2.05) is 6.20 Å². The lowest BCUT2D eigenvalue weighted by atomic mass is 10.1. The van der Waals surface area contributed by atoms with Gasteiger partial charge in [0.25, 0.3) is 0 Å². The molecular formula is C17H30N4. The van der Waals surface area contributed by atoms with Gasteiger partial charge in [0.05, 0.1) is 0 Å². The summed E-state index contributed by atoms with van der Waals surface area (Å²) in [6.45, 7) is 14.0. The van der Waals surface area contributed by atoms with Gasteiger partial charge in [-0.25, -0.2) is 9.97 Å². The first-order valence-corrected chi connectivity index (χ1v) is 8.26. The molecule has 0 unspecified atom stereocenters. The number of nitrogens with one attached hydrogen (secondary N) is 1. The summed E-state index contributed by atoms with van der Waals surface area (Å²) < 4.78 is 0. The molecule has 0 atom stereocenters. The summed E-state index contributed by atoms with van der Waals surface area (Å²) in [6, 6.07) is 0.724. The first kappa shape index (κ1) is 16.2. The number of hydrogen-bond donors (Lipinski definition) is 1. The maximum atomic E-state index is 4.75. The van der Waals surface area contributed by atoms with Gasteiger partial charge in [0.2, 0.25) is 5.95 Å². The number of aromatic nitrogens is 2. The molecule has 0 aliphatic heterocycles. The molecule has 0 bridgehead atoms. The third-order valence-corrected chi connectivity index (χ3v) is 3.68. The van der Waals surface area contributed by atoms with Crippen LogP contribution in [0.5, 0.6) is 0 Å². The average Bonchev–Trinajstić information content (AvgIpc) is 3.19. The van der Waals surface area contributed by atoms with Gasteiger partial charge in [-0.15, -0.1) is 0 Å². The third-order valence-electron chi connectivity index (χ3n) is 3.68. The van der Waals surface area contributed by atoms with Crippen LogP contribution in [-0.2, 0) is 6.54 Å². The van der Waals surface area contributed by atoms with Crippen molar-refractivity contribution in [2.45, 2.75) is 60.0 Å². The van der Waals surface area contributed by atoms with E-state index in [9.17, 15) is 0 Å². The first-order chi connectivity index (χ1) is 9.95. The van der Waals surface area contributed by atoms with Crippen LogP contribution in [0.25, 0.3) is 0 Å². The Morgan fingerprint density at radius 2 is 1.81 bits per heavy atom. The van der Waals surface area contributed by atoms with Gasteiger partial charge in [-0.2, -0.15) is 0 Å². The summed E-state index contributed by atoms with van der Waals surface area (Å²) in [6.07, 6.45) is 4.63. The molecule has 0 saturated heterocycles. The molecule has 118 valence electrons. The van der Waals surface area contributed by atoms with Crippen molar-refractivity contribution in [3.8, 4) is 0 Å². The predicted molar refractivity (Wildman–Crippen MR) is 88.5 cm³/mol. The SMILES string of the molecule is Cc1nc(N(CC(C)C)CC(C)C)ncc1CNC1CC1. The van der Waals surface area contributed by atoms with Gasteiger partial charge in [0.15, 0.2) is 0 Å². The molecule has 1 N–H and O–H groups in total. The standard InChI is InChI=1S/C17H30N4/c1-12(2)10-21(11-13(3)4)17-19-9-15(14(5)20-17)8-18-16-6-7-16/h9,12-13,16,18H,6-8,10-11H2,1-5H3. The predicted octanol–water partition coefficient (Wildman–Crippen LogP) is 3.16. The summed E-state index contributed by atoms with van der Waals surface area (Å²) in [5.41, 5.74) is 2.32. The minimum Gasteiger partial charge on any atom is -0.340 e. The van der Waals surface area contributed by atoms with E-state index in [0.717, 1.165) is 37.3 Å². The maximum Gasteiger partial charge on any atom is 0.225 e. The summed E-state index contributed by atoms with van der Waals surface area (Å²) in [5.74, 6) is 2.11. The fourth-order valence-corrected chi connectivity index (χ4v) is 2.47. The Kier molecular flexibility index (Phi) is 5.57. The number of aryl methyl sites for hydroxylation is 1. The van der Waals surface area contributed by atoms with Crippen LogP contribution in [0, 0.1) is 18.8 Å². The van der Waals surface area contributed by atoms with Crippen LogP contribution < -0.4 is 10.2 Å². The minimum atomic E-state index is 0.615. The van der Waals surface area contributed by atoms with Crippen LogP contribution >= 0.6 is 0 Å². The Hall–Kier alpha value is -1.16. The van der Waals surface area contributed by atoms with Crippen LogP contribution in [-0.4, -0.2) is 29.1 Å². The van der Waals surface area contributed by atoms with Crippen LogP contribution in [0.1, 0.15) is 51.8 Å². The lowest BCUT2D eigenvalue weighted by Crippen LogP contribution is -2.33. The normalized spacial score (nSPS) is 15.0. The van der Waals surface area contributed by atoms with E-state index < -0.39 is 0 Å². The highest BCUT2D eigenvalue weighted by atomic mass is 15.2. The topological polar surface area (TPSA) is 41.1 Å². The molecule has 0 radical (unpaired) electrons. The number of anilines is 1. The lowest BCUT2D eigenvalue weighted by Gasteiger charge is -2.26. The Morgan fingerprint density at radius 3 is 2.29 bits per heavy atom. The van der Waals surface area contributed by atoms with Crippen LogP contribution in [0.15, 0.2) is 6.20 Å². The summed E-state index contributed by atoms with van der Waals surface area (Å²) in [4.78, 5) is 11.7. The number of nitrogens with zero attached hydrogens (tertiary/aromatic N) is 3.